The van der Waals surface area contributed by atoms with Crippen LogP contribution in [-0.2, 0) is 4.74 Å². The van der Waals surface area contributed by atoms with Gasteiger partial charge in [0.1, 0.15) is 0 Å². The molecule has 3 aromatic carbocycles. The Morgan fingerprint density at radius 2 is 1.60 bits per heavy atom. The summed E-state index contributed by atoms with van der Waals surface area (Å²) in [5.41, 5.74) is 2.77. The highest BCUT2D eigenvalue weighted by atomic mass is 35.5. The second-order valence-electron chi connectivity index (χ2n) is 6.92. The number of aromatic nitrogens is 2. The summed E-state index contributed by atoms with van der Waals surface area (Å²) in [6.07, 6.45) is 0. The number of hydrogen-bond donors (Lipinski definition) is 0. The molecule has 2 aromatic heterocycles. The summed E-state index contributed by atoms with van der Waals surface area (Å²) in [4.78, 5) is 26.6. The minimum atomic E-state index is -0.497. The number of ether oxygens (including phenoxy) is 1. The predicted molar refractivity (Wildman–Crippen MR) is 119 cm³/mol. The van der Waals surface area contributed by atoms with Crippen LogP contribution in [0.1, 0.15) is 17.3 Å². The van der Waals surface area contributed by atoms with Crippen LogP contribution in [0.2, 0.25) is 5.02 Å². The number of benzene rings is 3. The van der Waals surface area contributed by atoms with Crippen molar-refractivity contribution in [2.45, 2.75) is 6.92 Å². The summed E-state index contributed by atoms with van der Waals surface area (Å²) in [7, 11) is 0. The minimum Gasteiger partial charge on any atom is -0.462 e. The van der Waals surface area contributed by atoms with E-state index in [0.717, 1.165) is 11.1 Å². The molecule has 0 aliphatic rings. The summed E-state index contributed by atoms with van der Waals surface area (Å²) >= 11 is 6.32. The van der Waals surface area contributed by atoms with Crippen LogP contribution in [-0.4, -0.2) is 21.6 Å². The van der Waals surface area contributed by atoms with Crippen LogP contribution in [0.5, 0.6) is 0 Å². The zero-order chi connectivity index (χ0) is 20.8. The third kappa shape index (κ3) is 2.63. The highest BCUT2D eigenvalue weighted by Crippen LogP contribution is 2.33. The summed E-state index contributed by atoms with van der Waals surface area (Å²) in [5.74, 6) is -0.497. The molecular formula is C24H17ClN2O3. The third-order valence-electron chi connectivity index (χ3n) is 5.19. The van der Waals surface area contributed by atoms with Crippen LogP contribution < -0.4 is 5.56 Å². The molecule has 0 spiro atoms. The predicted octanol–water partition coefficient (Wildman–Crippen LogP) is 5.20. The molecule has 5 rings (SSSR count). The molecule has 0 radical (unpaired) electrons. The van der Waals surface area contributed by atoms with Gasteiger partial charge in [-0.3, -0.25) is 4.79 Å². The summed E-state index contributed by atoms with van der Waals surface area (Å²) in [6.45, 7) is 1.98. The number of fused-ring (bicyclic) bond motifs is 5. The van der Waals surface area contributed by atoms with Crippen molar-refractivity contribution in [3.05, 3.63) is 93.7 Å². The Morgan fingerprint density at radius 3 is 2.37 bits per heavy atom. The smallest absolute Gasteiger partial charge is 0.341 e. The number of esters is 1. The maximum Gasteiger partial charge on any atom is 0.341 e. The molecule has 148 valence electrons. The fourth-order valence-corrected chi connectivity index (χ4v) is 4.16. The first-order chi connectivity index (χ1) is 14.6. The standard InChI is InChI=1S/C24H17ClN2O3/c1-2-30-24(29)21-18-14-16(25)12-13-20(18)26-19-11-7-6-10-17(19)23(28)27(26)22(21)15-8-4-3-5-9-15/h3-14H,2H2,1H3. The molecule has 2 heterocycles. The van der Waals surface area contributed by atoms with Crippen molar-refractivity contribution in [1.82, 2.24) is 9.03 Å². The second kappa shape index (κ2) is 7.04. The lowest BCUT2D eigenvalue weighted by Crippen LogP contribution is -2.20. The van der Waals surface area contributed by atoms with Crippen molar-refractivity contribution < 1.29 is 9.53 Å². The molecule has 0 atom stereocenters. The normalized spacial score (nSPS) is 11.4. The van der Waals surface area contributed by atoms with Gasteiger partial charge in [-0.25, -0.2) is 13.8 Å². The molecule has 0 saturated heterocycles. The lowest BCUT2D eigenvalue weighted by Gasteiger charge is -2.17. The lowest BCUT2D eigenvalue weighted by molar-refractivity contribution is 0.0529. The summed E-state index contributed by atoms with van der Waals surface area (Å²) in [6, 6.07) is 22.1. The van der Waals surface area contributed by atoms with E-state index in [0.29, 0.717) is 32.6 Å². The van der Waals surface area contributed by atoms with E-state index in [1.807, 2.05) is 59.1 Å². The maximum absolute atomic E-state index is 13.5. The molecule has 6 heteroatoms. The number of nitrogens with zero attached hydrogens (tertiary/aromatic N) is 2. The monoisotopic (exact) mass is 416 g/mol. The fourth-order valence-electron chi connectivity index (χ4n) is 3.99. The quantitative estimate of drug-likeness (QED) is 0.380. The van der Waals surface area contributed by atoms with Gasteiger partial charge in [0, 0.05) is 16.0 Å². The Balaban J connectivity index is 2.14. The van der Waals surface area contributed by atoms with Crippen LogP contribution in [0.3, 0.4) is 0 Å². The Labute approximate surface area is 176 Å². The van der Waals surface area contributed by atoms with Crippen LogP contribution in [0.4, 0.5) is 0 Å². The molecule has 0 amide bonds. The molecule has 0 aliphatic carbocycles. The average molecular weight is 417 g/mol. The van der Waals surface area contributed by atoms with Crippen LogP contribution in [0, 0.1) is 0 Å². The molecule has 0 bridgehead atoms. The van der Waals surface area contributed by atoms with E-state index in [1.54, 1.807) is 29.6 Å². The second-order valence-corrected chi connectivity index (χ2v) is 7.35. The van der Waals surface area contributed by atoms with E-state index in [9.17, 15) is 9.59 Å². The Kier molecular flexibility index (Phi) is 4.33. The van der Waals surface area contributed by atoms with E-state index in [4.69, 9.17) is 16.3 Å². The first kappa shape index (κ1) is 18.5. The third-order valence-corrected chi connectivity index (χ3v) is 5.42. The van der Waals surface area contributed by atoms with Crippen molar-refractivity contribution in [3.63, 3.8) is 0 Å². The first-order valence-corrected chi connectivity index (χ1v) is 10.00. The Morgan fingerprint density at radius 1 is 0.900 bits per heavy atom. The average Bonchev–Trinajstić information content (AvgIpc) is 3.06. The lowest BCUT2D eigenvalue weighted by atomic mass is 10.0. The zero-order valence-corrected chi connectivity index (χ0v) is 16.9. The number of halogens is 1. The van der Waals surface area contributed by atoms with Crippen molar-refractivity contribution in [3.8, 4) is 11.3 Å². The molecular weight excluding hydrogens is 400 g/mol. The van der Waals surface area contributed by atoms with E-state index in [-0.39, 0.29) is 12.2 Å². The highest BCUT2D eigenvalue weighted by molar-refractivity contribution is 6.31. The van der Waals surface area contributed by atoms with Crippen molar-refractivity contribution >= 4 is 39.4 Å². The molecule has 30 heavy (non-hydrogen) atoms. The van der Waals surface area contributed by atoms with Gasteiger partial charge in [0.2, 0.25) is 0 Å². The molecule has 0 N–H and O–H groups in total. The van der Waals surface area contributed by atoms with Gasteiger partial charge in [0.25, 0.3) is 5.56 Å². The van der Waals surface area contributed by atoms with Gasteiger partial charge < -0.3 is 4.74 Å². The van der Waals surface area contributed by atoms with Crippen LogP contribution in [0.25, 0.3) is 33.1 Å². The number of rotatable bonds is 3. The van der Waals surface area contributed by atoms with Gasteiger partial charge in [-0.1, -0.05) is 54.1 Å². The molecule has 0 saturated carbocycles. The summed E-state index contributed by atoms with van der Waals surface area (Å²) < 4.78 is 8.79. The largest absolute Gasteiger partial charge is 0.462 e. The number of carbonyl (C=O) groups is 1. The van der Waals surface area contributed by atoms with Gasteiger partial charge in [0.05, 0.1) is 34.3 Å². The van der Waals surface area contributed by atoms with Gasteiger partial charge in [-0.15, -0.1) is 0 Å². The zero-order valence-electron chi connectivity index (χ0n) is 16.1. The first-order valence-electron chi connectivity index (χ1n) is 9.62. The molecule has 0 fully saturated rings. The van der Waals surface area contributed by atoms with E-state index in [1.165, 1.54) is 0 Å². The van der Waals surface area contributed by atoms with Gasteiger partial charge in [-0.05, 0) is 37.3 Å². The molecule has 5 nitrogen and oxygen atoms in total. The fraction of sp³-hybridized carbons (Fsp3) is 0.0833. The SMILES string of the molecule is CCOC(=O)c1c(-c2ccccc2)n2c(=O)c3ccccc3n2c2ccc(Cl)cc12. The van der Waals surface area contributed by atoms with Gasteiger partial charge >= 0.3 is 5.97 Å². The molecule has 5 aromatic rings. The maximum atomic E-state index is 13.5. The molecule has 0 aliphatic heterocycles. The molecule has 0 unspecified atom stereocenters. The topological polar surface area (TPSA) is 52.2 Å². The minimum absolute atomic E-state index is 0.202. The van der Waals surface area contributed by atoms with E-state index in [2.05, 4.69) is 0 Å². The van der Waals surface area contributed by atoms with Gasteiger partial charge in [0.15, 0.2) is 0 Å². The highest BCUT2D eigenvalue weighted by Gasteiger charge is 2.25. The van der Waals surface area contributed by atoms with E-state index >= 15 is 0 Å². The van der Waals surface area contributed by atoms with Crippen LogP contribution >= 0.6 is 11.6 Å². The van der Waals surface area contributed by atoms with Gasteiger partial charge in [-0.2, -0.15) is 0 Å². The number of hydrogen-bond acceptors (Lipinski definition) is 3. The van der Waals surface area contributed by atoms with Crippen molar-refractivity contribution in [1.29, 1.82) is 0 Å². The summed E-state index contributed by atoms with van der Waals surface area (Å²) in [5, 5.41) is 1.69. The number of carbonyl (C=O) groups excluding carboxylic acids is 1. The van der Waals surface area contributed by atoms with Crippen molar-refractivity contribution in [2.24, 2.45) is 0 Å². The van der Waals surface area contributed by atoms with Crippen molar-refractivity contribution in [2.75, 3.05) is 6.61 Å². The van der Waals surface area contributed by atoms with Crippen LogP contribution in [0.15, 0.2) is 77.6 Å². The Bertz CT molecular complexity index is 1500. The van der Waals surface area contributed by atoms with E-state index < -0.39 is 5.97 Å². The Hall–Kier alpha value is -3.57. The number of para-hydroxylation sites is 1.